The van der Waals surface area contributed by atoms with Gasteiger partial charge >= 0.3 is 0 Å². The third kappa shape index (κ3) is 7.75. The highest BCUT2D eigenvalue weighted by molar-refractivity contribution is 7.99. The fourth-order valence-corrected chi connectivity index (χ4v) is 6.24. The van der Waals surface area contributed by atoms with Crippen molar-refractivity contribution in [2.45, 2.75) is 43.6 Å². The Hall–Kier alpha value is -3.21. The van der Waals surface area contributed by atoms with E-state index in [1.165, 1.54) is 29.5 Å². The SMILES string of the molecule is CC1CN(c2cc(Cl)nc(SCC(=O)NC3CCN(Cc4ccccc4)CC3)n2)CCN1C(=O)c1ccccc1F. The first kappa shape index (κ1) is 29.3. The smallest absolute Gasteiger partial charge is 0.257 e. The van der Waals surface area contributed by atoms with Gasteiger partial charge in [0.05, 0.1) is 11.3 Å². The Kier molecular flexibility index (Phi) is 9.74. The number of hydrogen-bond acceptors (Lipinski definition) is 7. The molecule has 41 heavy (non-hydrogen) atoms. The molecular formula is C30H34ClFN6O2S. The number of aromatic nitrogens is 2. The number of nitrogens with one attached hydrogen (secondary N) is 1. The number of carbonyl (C=O) groups excluding carboxylic acids is 2. The molecule has 2 amide bonds. The van der Waals surface area contributed by atoms with Crippen LogP contribution in [0.25, 0.3) is 0 Å². The van der Waals surface area contributed by atoms with Gasteiger partial charge in [-0.1, -0.05) is 65.8 Å². The maximum absolute atomic E-state index is 14.2. The molecule has 0 aliphatic carbocycles. The number of anilines is 1. The van der Waals surface area contributed by atoms with Crippen molar-refractivity contribution in [2.24, 2.45) is 0 Å². The van der Waals surface area contributed by atoms with Gasteiger partial charge in [0.15, 0.2) is 5.16 Å². The van der Waals surface area contributed by atoms with Crippen LogP contribution < -0.4 is 10.2 Å². The van der Waals surface area contributed by atoms with E-state index in [4.69, 9.17) is 11.6 Å². The average Bonchev–Trinajstić information content (AvgIpc) is 2.97. The minimum absolute atomic E-state index is 0.0458. The molecule has 1 aromatic heterocycles. The van der Waals surface area contributed by atoms with Crippen LogP contribution in [0.15, 0.2) is 65.8 Å². The molecule has 2 fully saturated rings. The molecular weight excluding hydrogens is 563 g/mol. The van der Waals surface area contributed by atoms with Crippen LogP contribution in [-0.2, 0) is 11.3 Å². The molecule has 0 bridgehead atoms. The topological polar surface area (TPSA) is 81.7 Å². The number of hydrogen-bond donors (Lipinski definition) is 1. The van der Waals surface area contributed by atoms with E-state index in [9.17, 15) is 14.0 Å². The highest BCUT2D eigenvalue weighted by atomic mass is 35.5. The van der Waals surface area contributed by atoms with E-state index in [2.05, 4.69) is 44.5 Å². The molecule has 0 radical (unpaired) electrons. The maximum Gasteiger partial charge on any atom is 0.257 e. The lowest BCUT2D eigenvalue weighted by atomic mass is 10.0. The second kappa shape index (κ2) is 13.6. The molecule has 2 aliphatic heterocycles. The first-order valence-electron chi connectivity index (χ1n) is 13.9. The first-order valence-corrected chi connectivity index (χ1v) is 15.3. The summed E-state index contributed by atoms with van der Waals surface area (Å²) in [5.41, 5.74) is 1.38. The van der Waals surface area contributed by atoms with Crippen LogP contribution in [0.4, 0.5) is 10.2 Å². The molecule has 1 N–H and O–H groups in total. The Morgan fingerprint density at radius 2 is 1.76 bits per heavy atom. The summed E-state index contributed by atoms with van der Waals surface area (Å²) in [7, 11) is 0. The van der Waals surface area contributed by atoms with Crippen LogP contribution in [0, 0.1) is 5.82 Å². The van der Waals surface area contributed by atoms with Gasteiger partial charge in [-0.05, 0) is 37.5 Å². The Labute approximate surface area is 249 Å². The second-order valence-electron chi connectivity index (χ2n) is 10.5. The second-order valence-corrected chi connectivity index (χ2v) is 11.8. The van der Waals surface area contributed by atoms with Gasteiger partial charge in [-0.3, -0.25) is 14.5 Å². The highest BCUT2D eigenvalue weighted by Gasteiger charge is 2.30. The zero-order valence-electron chi connectivity index (χ0n) is 23.0. The summed E-state index contributed by atoms with van der Waals surface area (Å²) in [6, 6.07) is 18.2. The van der Waals surface area contributed by atoms with E-state index in [0.717, 1.165) is 32.5 Å². The van der Waals surface area contributed by atoms with E-state index < -0.39 is 5.82 Å². The fourth-order valence-electron chi connectivity index (χ4n) is 5.35. The van der Waals surface area contributed by atoms with E-state index in [1.54, 1.807) is 23.1 Å². The van der Waals surface area contributed by atoms with Gasteiger partial charge < -0.3 is 15.1 Å². The monoisotopic (exact) mass is 596 g/mol. The standard InChI is InChI=1S/C30H34ClFN6O2S/c1-21-18-37(15-16-38(21)29(40)24-9-5-6-10-25(24)32)27-17-26(31)34-30(35-27)41-20-28(39)33-23-11-13-36(14-12-23)19-22-7-3-2-4-8-22/h2-10,17,21,23H,11-16,18-20H2,1H3,(H,33,39). The van der Waals surface area contributed by atoms with Crippen LogP contribution in [0.1, 0.15) is 35.7 Å². The summed E-state index contributed by atoms with van der Waals surface area (Å²) >= 11 is 7.58. The number of piperidine rings is 1. The van der Waals surface area contributed by atoms with E-state index in [1.807, 2.05) is 17.9 Å². The number of thioether (sulfide) groups is 1. The number of likely N-dealkylation sites (tertiary alicyclic amines) is 1. The van der Waals surface area contributed by atoms with E-state index in [0.29, 0.717) is 35.8 Å². The Morgan fingerprint density at radius 3 is 2.49 bits per heavy atom. The first-order chi connectivity index (χ1) is 19.9. The number of rotatable bonds is 8. The molecule has 8 nitrogen and oxygen atoms in total. The highest BCUT2D eigenvalue weighted by Crippen LogP contribution is 2.25. The zero-order chi connectivity index (χ0) is 28.8. The quantitative estimate of drug-likeness (QED) is 0.233. The predicted octanol–water partition coefficient (Wildman–Crippen LogP) is 4.49. The third-order valence-corrected chi connectivity index (χ3v) is 8.55. The molecule has 216 valence electrons. The maximum atomic E-state index is 14.2. The van der Waals surface area contributed by atoms with Crippen LogP contribution in [0.2, 0.25) is 5.15 Å². The van der Waals surface area contributed by atoms with Crippen molar-refractivity contribution in [3.05, 3.63) is 82.8 Å². The Morgan fingerprint density at radius 1 is 1.02 bits per heavy atom. The van der Waals surface area contributed by atoms with Crippen molar-refractivity contribution in [1.29, 1.82) is 0 Å². The summed E-state index contributed by atoms with van der Waals surface area (Å²) in [4.78, 5) is 40.7. The van der Waals surface area contributed by atoms with Crippen molar-refractivity contribution in [3.8, 4) is 0 Å². The summed E-state index contributed by atoms with van der Waals surface area (Å²) in [5, 5.41) is 3.88. The minimum Gasteiger partial charge on any atom is -0.353 e. The normalized spacial score (nSPS) is 18.4. The van der Waals surface area contributed by atoms with Gasteiger partial charge in [-0.25, -0.2) is 14.4 Å². The van der Waals surface area contributed by atoms with Crippen LogP contribution >= 0.6 is 23.4 Å². The van der Waals surface area contributed by atoms with Gasteiger partial charge in [0, 0.05) is 57.4 Å². The summed E-state index contributed by atoms with van der Waals surface area (Å²) < 4.78 is 14.2. The van der Waals surface area contributed by atoms with Crippen molar-refractivity contribution in [3.63, 3.8) is 0 Å². The predicted molar refractivity (Wildman–Crippen MR) is 160 cm³/mol. The van der Waals surface area contributed by atoms with Gasteiger partial charge in [0.2, 0.25) is 5.91 Å². The number of piperazine rings is 1. The van der Waals surface area contributed by atoms with E-state index in [-0.39, 0.29) is 35.2 Å². The summed E-state index contributed by atoms with van der Waals surface area (Å²) in [5.74, 6) is -0.0428. The number of amides is 2. The van der Waals surface area contributed by atoms with Gasteiger partial charge in [0.1, 0.15) is 16.8 Å². The molecule has 2 aliphatic rings. The van der Waals surface area contributed by atoms with Crippen LogP contribution in [-0.4, -0.2) is 82.1 Å². The lowest BCUT2D eigenvalue weighted by molar-refractivity contribution is -0.119. The molecule has 2 saturated heterocycles. The molecule has 1 unspecified atom stereocenters. The lowest BCUT2D eigenvalue weighted by Gasteiger charge is -2.40. The molecule has 2 aromatic carbocycles. The zero-order valence-corrected chi connectivity index (χ0v) is 24.6. The molecule has 0 spiro atoms. The summed E-state index contributed by atoms with van der Waals surface area (Å²) in [6.07, 6.45) is 1.84. The Balaban J connectivity index is 1.10. The van der Waals surface area contributed by atoms with Crippen molar-refractivity contribution >= 4 is 41.0 Å². The van der Waals surface area contributed by atoms with Crippen molar-refractivity contribution < 1.29 is 14.0 Å². The van der Waals surface area contributed by atoms with Crippen molar-refractivity contribution in [2.75, 3.05) is 43.4 Å². The largest absolute Gasteiger partial charge is 0.353 e. The molecule has 3 heterocycles. The lowest BCUT2D eigenvalue weighted by Crippen LogP contribution is -2.54. The number of halogens is 2. The van der Waals surface area contributed by atoms with Gasteiger partial charge in [0.25, 0.3) is 5.91 Å². The van der Waals surface area contributed by atoms with Gasteiger partial charge in [-0.2, -0.15) is 0 Å². The van der Waals surface area contributed by atoms with Crippen molar-refractivity contribution in [1.82, 2.24) is 25.1 Å². The summed E-state index contributed by atoms with van der Waals surface area (Å²) in [6.45, 7) is 6.22. The molecule has 3 aromatic rings. The molecule has 11 heteroatoms. The fraction of sp³-hybridized carbons (Fsp3) is 0.400. The third-order valence-electron chi connectivity index (χ3n) is 7.51. The molecule has 0 saturated carbocycles. The average molecular weight is 597 g/mol. The minimum atomic E-state index is -0.520. The number of carbonyl (C=O) groups is 2. The van der Waals surface area contributed by atoms with Crippen LogP contribution in [0.5, 0.6) is 0 Å². The number of nitrogens with zero attached hydrogens (tertiary/aromatic N) is 5. The molecule has 1 atom stereocenters. The number of benzene rings is 2. The van der Waals surface area contributed by atoms with Crippen LogP contribution in [0.3, 0.4) is 0 Å². The molecule has 5 rings (SSSR count). The van der Waals surface area contributed by atoms with Gasteiger partial charge in [-0.15, -0.1) is 0 Å². The Bertz CT molecular complexity index is 1360. The van der Waals surface area contributed by atoms with E-state index >= 15 is 0 Å².